The van der Waals surface area contributed by atoms with E-state index in [0.717, 1.165) is 25.8 Å². The summed E-state index contributed by atoms with van der Waals surface area (Å²) < 4.78 is 10.5. The molecule has 2 aromatic rings. The van der Waals surface area contributed by atoms with Crippen molar-refractivity contribution in [3.63, 3.8) is 0 Å². The fourth-order valence-corrected chi connectivity index (χ4v) is 6.83. The van der Waals surface area contributed by atoms with Gasteiger partial charge in [0.1, 0.15) is 12.6 Å². The predicted molar refractivity (Wildman–Crippen MR) is 161 cm³/mol. The Kier molecular flexibility index (Phi) is 9.97. The molecule has 1 unspecified atom stereocenters. The molecule has 2 fully saturated rings. The number of alkyl carbamates (subject to hydrolysis) is 1. The van der Waals surface area contributed by atoms with Gasteiger partial charge in [0, 0.05) is 25.0 Å². The van der Waals surface area contributed by atoms with Crippen LogP contribution in [-0.4, -0.2) is 91.7 Å². The average molecular weight is 591 g/mol. The Balaban J connectivity index is 1.09. The number of hydrogen-bond acceptors (Lipinski definition) is 7. The first-order chi connectivity index (χ1) is 20.9. The molecule has 1 aliphatic carbocycles. The van der Waals surface area contributed by atoms with E-state index in [9.17, 15) is 19.2 Å². The number of fused-ring (bicyclic) bond motifs is 4. The molecule has 3 amide bonds. The van der Waals surface area contributed by atoms with Gasteiger partial charge in [-0.1, -0.05) is 48.5 Å². The van der Waals surface area contributed by atoms with Gasteiger partial charge < -0.3 is 25.0 Å². The van der Waals surface area contributed by atoms with Crippen LogP contribution in [-0.2, 0) is 23.9 Å². The van der Waals surface area contributed by atoms with Gasteiger partial charge in [-0.05, 0) is 74.2 Å². The zero-order valence-electron chi connectivity index (χ0n) is 25.1. The molecule has 2 saturated heterocycles. The number of ether oxygens (including phenoxy) is 2. The topological polar surface area (TPSA) is 117 Å². The van der Waals surface area contributed by atoms with Gasteiger partial charge in [0.25, 0.3) is 0 Å². The largest absolute Gasteiger partial charge is 0.467 e. The molecule has 10 heteroatoms. The number of esters is 1. The maximum Gasteiger partial charge on any atom is 0.407 e. The minimum atomic E-state index is -0.705. The number of carbonyl (C=O) groups is 4. The van der Waals surface area contributed by atoms with E-state index in [1.165, 1.54) is 34.3 Å². The molecule has 10 nitrogen and oxygen atoms in total. The molecule has 230 valence electrons. The second-order valence-corrected chi connectivity index (χ2v) is 11.6. The van der Waals surface area contributed by atoms with Crippen LogP contribution in [0.2, 0.25) is 0 Å². The lowest BCUT2D eigenvalue weighted by atomic mass is 9.98. The van der Waals surface area contributed by atoms with E-state index in [-0.39, 0.29) is 43.0 Å². The normalized spacial score (nSPS) is 21.3. The van der Waals surface area contributed by atoms with Crippen LogP contribution in [0.3, 0.4) is 0 Å². The molecule has 2 aromatic carbocycles. The lowest BCUT2D eigenvalue weighted by Crippen LogP contribution is -2.55. The highest BCUT2D eigenvalue weighted by Crippen LogP contribution is 2.44. The van der Waals surface area contributed by atoms with Crippen LogP contribution in [0.1, 0.15) is 62.5 Å². The Bertz CT molecular complexity index is 1290. The van der Waals surface area contributed by atoms with E-state index in [1.807, 2.05) is 24.3 Å². The van der Waals surface area contributed by atoms with Crippen molar-refractivity contribution in [1.29, 1.82) is 0 Å². The highest BCUT2D eigenvalue weighted by Gasteiger charge is 2.37. The molecule has 0 aromatic heterocycles. The number of nitrogens with one attached hydrogen (secondary N) is 2. The molecule has 2 N–H and O–H groups in total. The zero-order valence-corrected chi connectivity index (χ0v) is 25.1. The quantitative estimate of drug-likeness (QED) is 0.340. The van der Waals surface area contributed by atoms with Crippen molar-refractivity contribution in [1.82, 2.24) is 20.4 Å². The number of methoxy groups -OCH3 is 1. The van der Waals surface area contributed by atoms with E-state index in [4.69, 9.17) is 9.47 Å². The molecule has 5 rings (SSSR count). The summed E-state index contributed by atoms with van der Waals surface area (Å²) >= 11 is 0. The molecular formula is C33H42N4O6. The average Bonchev–Trinajstić information content (AvgIpc) is 3.62. The second kappa shape index (κ2) is 14.0. The molecule has 0 saturated carbocycles. The fourth-order valence-electron chi connectivity index (χ4n) is 6.83. The fraction of sp³-hybridized carbons (Fsp3) is 0.515. The van der Waals surface area contributed by atoms with Gasteiger partial charge >= 0.3 is 12.1 Å². The van der Waals surface area contributed by atoms with Crippen molar-refractivity contribution in [3.8, 4) is 11.1 Å². The Labute approximate surface area is 253 Å². The summed E-state index contributed by atoms with van der Waals surface area (Å²) in [6.07, 6.45) is 4.26. The third kappa shape index (κ3) is 6.85. The van der Waals surface area contributed by atoms with Crippen molar-refractivity contribution in [2.45, 2.75) is 69.5 Å². The third-order valence-electron chi connectivity index (χ3n) is 9.09. The maximum absolute atomic E-state index is 13.2. The van der Waals surface area contributed by atoms with Crippen molar-refractivity contribution in [2.24, 2.45) is 0 Å². The highest BCUT2D eigenvalue weighted by atomic mass is 16.5. The second-order valence-electron chi connectivity index (χ2n) is 11.6. The summed E-state index contributed by atoms with van der Waals surface area (Å²) in [5.74, 6) is -0.911. The van der Waals surface area contributed by atoms with E-state index < -0.39 is 18.1 Å². The summed E-state index contributed by atoms with van der Waals surface area (Å²) in [6.45, 7) is 3.48. The Morgan fingerprint density at radius 2 is 1.70 bits per heavy atom. The van der Waals surface area contributed by atoms with Gasteiger partial charge in [-0.15, -0.1) is 0 Å². The van der Waals surface area contributed by atoms with Crippen molar-refractivity contribution >= 4 is 23.9 Å². The summed E-state index contributed by atoms with van der Waals surface area (Å²) in [4.78, 5) is 54.5. The summed E-state index contributed by atoms with van der Waals surface area (Å²) in [7, 11) is 1.31. The first-order valence-corrected chi connectivity index (χ1v) is 15.4. The molecular weight excluding hydrogens is 548 g/mol. The van der Waals surface area contributed by atoms with Gasteiger partial charge in [0.05, 0.1) is 19.7 Å². The van der Waals surface area contributed by atoms with Crippen molar-refractivity contribution < 1.29 is 28.7 Å². The van der Waals surface area contributed by atoms with Gasteiger partial charge in [0.15, 0.2) is 0 Å². The molecule has 43 heavy (non-hydrogen) atoms. The maximum atomic E-state index is 13.2. The molecule has 2 aliphatic heterocycles. The lowest BCUT2D eigenvalue weighted by Gasteiger charge is -2.36. The van der Waals surface area contributed by atoms with E-state index in [0.29, 0.717) is 32.4 Å². The minimum Gasteiger partial charge on any atom is -0.467 e. The van der Waals surface area contributed by atoms with Crippen LogP contribution >= 0.6 is 0 Å². The van der Waals surface area contributed by atoms with Crippen LogP contribution in [0.25, 0.3) is 11.1 Å². The number of rotatable bonds is 9. The van der Waals surface area contributed by atoms with Crippen LogP contribution < -0.4 is 10.6 Å². The highest BCUT2D eigenvalue weighted by molar-refractivity contribution is 5.90. The number of nitrogens with zero attached hydrogens (tertiary/aromatic N) is 2. The number of unbranched alkanes of at least 4 members (excludes halogenated alkanes) is 1. The number of amides is 3. The summed E-state index contributed by atoms with van der Waals surface area (Å²) in [6, 6.07) is 15.6. The summed E-state index contributed by atoms with van der Waals surface area (Å²) in [5, 5.41) is 5.67. The molecule has 3 atom stereocenters. The molecule has 3 aliphatic rings. The monoisotopic (exact) mass is 590 g/mol. The van der Waals surface area contributed by atoms with E-state index in [1.54, 1.807) is 6.92 Å². The summed E-state index contributed by atoms with van der Waals surface area (Å²) in [5.41, 5.74) is 4.73. The third-order valence-corrected chi connectivity index (χ3v) is 9.09. The molecule has 0 radical (unpaired) electrons. The lowest BCUT2D eigenvalue weighted by molar-refractivity contribution is -0.152. The van der Waals surface area contributed by atoms with Gasteiger partial charge in [0.2, 0.25) is 11.8 Å². The molecule has 0 spiro atoms. The predicted octanol–water partition coefficient (Wildman–Crippen LogP) is 3.44. The van der Waals surface area contributed by atoms with Crippen molar-refractivity contribution in [3.05, 3.63) is 59.7 Å². The number of benzene rings is 2. The smallest absolute Gasteiger partial charge is 0.407 e. The SMILES string of the molecule is COC(=O)[C@H](C)N1CCC2CCCN2[C@@H](CCCCNC(=O)OCC2c3ccccc3-c3ccccc32)C(=O)NCC1=O. The van der Waals surface area contributed by atoms with Crippen LogP contribution in [0.5, 0.6) is 0 Å². The van der Waals surface area contributed by atoms with E-state index >= 15 is 0 Å². The Hall–Kier alpha value is -3.92. The minimum absolute atomic E-state index is 0.0142. The van der Waals surface area contributed by atoms with Gasteiger partial charge in [-0.25, -0.2) is 9.59 Å². The van der Waals surface area contributed by atoms with Gasteiger partial charge in [-0.2, -0.15) is 0 Å². The van der Waals surface area contributed by atoms with E-state index in [2.05, 4.69) is 39.8 Å². The number of hydrogen-bond donors (Lipinski definition) is 2. The van der Waals surface area contributed by atoms with Crippen LogP contribution in [0, 0.1) is 0 Å². The van der Waals surface area contributed by atoms with Crippen LogP contribution in [0.4, 0.5) is 4.79 Å². The number of carbonyl (C=O) groups excluding carboxylic acids is 4. The Morgan fingerprint density at radius 1 is 1.00 bits per heavy atom. The Morgan fingerprint density at radius 3 is 2.40 bits per heavy atom. The van der Waals surface area contributed by atoms with Crippen molar-refractivity contribution in [2.75, 3.05) is 39.9 Å². The molecule has 2 heterocycles. The molecule has 0 bridgehead atoms. The zero-order chi connectivity index (χ0) is 30.3. The van der Waals surface area contributed by atoms with Crippen LogP contribution in [0.15, 0.2) is 48.5 Å². The van der Waals surface area contributed by atoms with Gasteiger partial charge in [-0.3, -0.25) is 14.5 Å². The standard InChI is InChI=1S/C33H42N4O6/c1-22(32(40)42-2)36-19-16-23-10-9-18-37(23)29(31(39)35-20-30(36)38)15-7-8-17-34-33(41)43-21-28-26-13-5-3-11-24(26)25-12-4-6-14-27(25)28/h3-6,11-14,22-23,28-29H,7-10,15-21H2,1-2H3,(H,34,41)(H,35,39)/t22-,23?,29-/m0/s1. The first kappa shape index (κ1) is 30.5. The first-order valence-electron chi connectivity index (χ1n) is 15.4.